The molecular formula is C11H7ClO5S. The highest BCUT2D eigenvalue weighted by Crippen LogP contribution is 2.36. The number of hydrogen-bond donors (Lipinski definition) is 2. The summed E-state index contributed by atoms with van der Waals surface area (Å²) < 4.78 is 22.9. The molecule has 0 aliphatic heterocycles. The Kier molecular flexibility index (Phi) is 2.92. The lowest BCUT2D eigenvalue weighted by molar-refractivity contribution is 0.0693. The zero-order valence-electron chi connectivity index (χ0n) is 8.79. The number of carbonyl (C=O) groups is 1. The van der Waals surface area contributed by atoms with Crippen LogP contribution in [0, 0.1) is 0 Å². The Bertz CT molecular complexity index is 751. The zero-order chi connectivity index (χ0) is 13.5. The van der Waals surface area contributed by atoms with Crippen molar-refractivity contribution in [1.82, 2.24) is 0 Å². The molecule has 2 aromatic carbocycles. The number of carboxylic acids is 1. The molecule has 94 valence electrons. The molecule has 0 saturated heterocycles. The molecule has 0 saturated carbocycles. The van der Waals surface area contributed by atoms with Crippen LogP contribution in [0.5, 0.6) is 5.75 Å². The minimum Gasteiger partial charge on any atom is -0.506 e. The molecule has 0 aliphatic carbocycles. The second kappa shape index (κ2) is 4.15. The lowest BCUT2D eigenvalue weighted by Gasteiger charge is -2.08. The van der Waals surface area contributed by atoms with Gasteiger partial charge in [0, 0.05) is 16.1 Å². The summed E-state index contributed by atoms with van der Waals surface area (Å²) in [7, 11) is 0.982. The largest absolute Gasteiger partial charge is 0.506 e. The minimum absolute atomic E-state index is 0.176. The highest BCUT2D eigenvalue weighted by molar-refractivity contribution is 8.14. The highest BCUT2D eigenvalue weighted by atomic mass is 35.7. The molecule has 0 radical (unpaired) electrons. The summed E-state index contributed by atoms with van der Waals surface area (Å²) in [5, 5.41) is 19.2. The van der Waals surface area contributed by atoms with Crippen molar-refractivity contribution in [2.24, 2.45) is 0 Å². The maximum absolute atomic E-state index is 11.5. The summed E-state index contributed by atoms with van der Waals surface area (Å²) in [5.74, 6) is -2.28. The SMILES string of the molecule is O=C(O)c1cc2ccccc2c(S(=O)(=O)Cl)c1O. The van der Waals surface area contributed by atoms with Gasteiger partial charge in [0.25, 0.3) is 9.05 Å². The Labute approximate surface area is 107 Å². The summed E-state index contributed by atoms with van der Waals surface area (Å²) in [6.07, 6.45) is 0. The lowest BCUT2D eigenvalue weighted by atomic mass is 10.1. The molecule has 2 rings (SSSR count). The van der Waals surface area contributed by atoms with Crippen molar-refractivity contribution >= 4 is 36.5 Å². The van der Waals surface area contributed by atoms with E-state index in [2.05, 4.69) is 0 Å². The van der Waals surface area contributed by atoms with Crippen LogP contribution >= 0.6 is 10.7 Å². The van der Waals surface area contributed by atoms with Gasteiger partial charge in [-0.05, 0) is 11.5 Å². The average molecular weight is 287 g/mol. The number of rotatable bonds is 2. The van der Waals surface area contributed by atoms with Gasteiger partial charge in [-0.15, -0.1) is 0 Å². The normalized spacial score (nSPS) is 11.6. The molecule has 0 atom stereocenters. The molecule has 0 amide bonds. The van der Waals surface area contributed by atoms with Gasteiger partial charge < -0.3 is 10.2 Å². The lowest BCUT2D eigenvalue weighted by Crippen LogP contribution is -2.02. The molecule has 5 nitrogen and oxygen atoms in total. The Hall–Kier alpha value is -1.79. The minimum atomic E-state index is -4.26. The van der Waals surface area contributed by atoms with Crippen molar-refractivity contribution in [3.05, 3.63) is 35.9 Å². The van der Waals surface area contributed by atoms with E-state index in [4.69, 9.17) is 15.8 Å². The Morgan fingerprint density at radius 3 is 2.39 bits per heavy atom. The molecule has 18 heavy (non-hydrogen) atoms. The van der Waals surface area contributed by atoms with Crippen LogP contribution in [0.25, 0.3) is 10.8 Å². The van der Waals surface area contributed by atoms with Crippen LogP contribution in [0.4, 0.5) is 0 Å². The first-order chi connectivity index (χ1) is 8.32. The number of halogens is 1. The number of benzene rings is 2. The van der Waals surface area contributed by atoms with Crippen molar-refractivity contribution in [3.63, 3.8) is 0 Å². The van der Waals surface area contributed by atoms with Gasteiger partial charge in [-0.3, -0.25) is 0 Å². The Morgan fingerprint density at radius 1 is 1.22 bits per heavy atom. The van der Waals surface area contributed by atoms with Gasteiger partial charge >= 0.3 is 5.97 Å². The van der Waals surface area contributed by atoms with Crippen LogP contribution in [0.2, 0.25) is 0 Å². The fourth-order valence-electron chi connectivity index (χ4n) is 1.71. The number of aromatic carboxylic acids is 1. The van der Waals surface area contributed by atoms with Crippen molar-refractivity contribution in [3.8, 4) is 5.75 Å². The molecule has 2 aromatic rings. The van der Waals surface area contributed by atoms with E-state index in [1.54, 1.807) is 12.1 Å². The third-order valence-corrected chi connectivity index (χ3v) is 3.81. The topological polar surface area (TPSA) is 91.7 Å². The average Bonchev–Trinajstić information content (AvgIpc) is 2.25. The van der Waals surface area contributed by atoms with E-state index in [0.717, 1.165) is 0 Å². The molecule has 0 bridgehead atoms. The van der Waals surface area contributed by atoms with Crippen LogP contribution in [0.1, 0.15) is 10.4 Å². The molecule has 0 aliphatic rings. The Morgan fingerprint density at radius 2 is 1.83 bits per heavy atom. The number of phenols is 1. The van der Waals surface area contributed by atoms with E-state index < -0.39 is 31.2 Å². The molecule has 7 heteroatoms. The number of fused-ring (bicyclic) bond motifs is 1. The van der Waals surface area contributed by atoms with E-state index >= 15 is 0 Å². The van der Waals surface area contributed by atoms with Crippen molar-refractivity contribution in [2.45, 2.75) is 4.90 Å². The van der Waals surface area contributed by atoms with Crippen LogP contribution in [0.15, 0.2) is 35.2 Å². The smallest absolute Gasteiger partial charge is 0.339 e. The van der Waals surface area contributed by atoms with E-state index in [0.29, 0.717) is 5.39 Å². The molecule has 2 N–H and O–H groups in total. The number of hydrogen-bond acceptors (Lipinski definition) is 4. The maximum atomic E-state index is 11.5. The van der Waals surface area contributed by atoms with Crippen molar-refractivity contribution < 1.29 is 23.4 Å². The van der Waals surface area contributed by atoms with Gasteiger partial charge in [0.2, 0.25) is 0 Å². The van der Waals surface area contributed by atoms with Gasteiger partial charge in [0.15, 0.2) is 5.75 Å². The van der Waals surface area contributed by atoms with Crippen LogP contribution in [-0.4, -0.2) is 24.6 Å². The first-order valence-corrected chi connectivity index (χ1v) is 7.06. The molecule has 0 heterocycles. The monoisotopic (exact) mass is 286 g/mol. The molecular weight excluding hydrogens is 280 g/mol. The Balaban J connectivity index is 3.05. The van der Waals surface area contributed by atoms with E-state index in [1.807, 2.05) is 0 Å². The predicted octanol–water partition coefficient (Wildman–Crippen LogP) is 2.17. The third-order valence-electron chi connectivity index (χ3n) is 2.45. The second-order valence-corrected chi connectivity index (χ2v) is 6.07. The van der Waals surface area contributed by atoms with Gasteiger partial charge in [-0.2, -0.15) is 0 Å². The molecule has 0 aromatic heterocycles. The van der Waals surface area contributed by atoms with Crippen molar-refractivity contribution in [1.29, 1.82) is 0 Å². The quantitative estimate of drug-likeness (QED) is 0.826. The fourth-order valence-corrected chi connectivity index (χ4v) is 2.97. The fraction of sp³-hybridized carbons (Fsp3) is 0. The zero-order valence-corrected chi connectivity index (χ0v) is 10.4. The third kappa shape index (κ3) is 2.00. The van der Waals surface area contributed by atoms with E-state index in [-0.39, 0.29) is 5.39 Å². The van der Waals surface area contributed by atoms with Gasteiger partial charge in [-0.25, -0.2) is 13.2 Å². The van der Waals surface area contributed by atoms with Gasteiger partial charge in [-0.1, -0.05) is 24.3 Å². The summed E-state index contributed by atoms with van der Waals surface area (Å²) in [4.78, 5) is 10.4. The summed E-state index contributed by atoms with van der Waals surface area (Å²) in [5.41, 5.74) is -0.507. The van der Waals surface area contributed by atoms with E-state index in [1.165, 1.54) is 18.2 Å². The predicted molar refractivity (Wildman–Crippen MR) is 65.6 cm³/mol. The van der Waals surface area contributed by atoms with Crippen LogP contribution in [-0.2, 0) is 9.05 Å². The highest BCUT2D eigenvalue weighted by Gasteiger charge is 2.25. The van der Waals surface area contributed by atoms with Crippen molar-refractivity contribution in [2.75, 3.05) is 0 Å². The molecule has 0 unspecified atom stereocenters. The van der Waals surface area contributed by atoms with Crippen LogP contribution < -0.4 is 0 Å². The second-order valence-electron chi connectivity index (χ2n) is 3.57. The number of carboxylic acid groups (broad SMARTS) is 1. The first kappa shape index (κ1) is 12.7. The molecule has 0 spiro atoms. The van der Waals surface area contributed by atoms with Crippen LogP contribution in [0.3, 0.4) is 0 Å². The van der Waals surface area contributed by atoms with E-state index in [9.17, 15) is 18.3 Å². The number of aromatic hydroxyl groups is 1. The first-order valence-electron chi connectivity index (χ1n) is 4.75. The summed E-state index contributed by atoms with van der Waals surface area (Å²) in [6, 6.07) is 7.35. The van der Waals surface area contributed by atoms with Gasteiger partial charge in [0.1, 0.15) is 10.5 Å². The summed E-state index contributed by atoms with van der Waals surface area (Å²) >= 11 is 0. The maximum Gasteiger partial charge on any atom is 0.339 e. The summed E-state index contributed by atoms with van der Waals surface area (Å²) in [6.45, 7) is 0. The molecule has 0 fully saturated rings. The standard InChI is InChI=1S/C11H7ClO5S/c12-18(16,17)10-7-4-2-1-3-6(7)5-8(9(10)13)11(14)15/h1-5,13H,(H,14,15). The van der Waals surface area contributed by atoms with Gasteiger partial charge in [0.05, 0.1) is 0 Å².